The standard InChI is InChI=1S/C23H31N3O3S/c1-18(2)26-14-12-21(13-15-26)25(3)23(27)20-10-7-11-22(16-20)30(28,29)24-17-19-8-5-4-6-9-19/h4-11,16,18,21,24H,12-15,17H2,1-3H3. The molecular weight excluding hydrogens is 398 g/mol. The van der Waals surface area contributed by atoms with E-state index in [9.17, 15) is 13.2 Å². The molecule has 1 amide bonds. The largest absolute Gasteiger partial charge is 0.339 e. The van der Waals surface area contributed by atoms with Crippen LogP contribution in [-0.4, -0.2) is 56.3 Å². The number of nitrogens with zero attached hydrogens (tertiary/aromatic N) is 2. The van der Waals surface area contributed by atoms with Gasteiger partial charge in [0.05, 0.1) is 4.90 Å². The third kappa shape index (κ3) is 5.47. The van der Waals surface area contributed by atoms with Crippen LogP contribution >= 0.6 is 0 Å². The second kappa shape index (κ2) is 9.73. The van der Waals surface area contributed by atoms with Crippen molar-refractivity contribution in [3.05, 3.63) is 65.7 Å². The summed E-state index contributed by atoms with van der Waals surface area (Å²) in [5.41, 5.74) is 1.27. The van der Waals surface area contributed by atoms with Crippen LogP contribution in [0, 0.1) is 0 Å². The zero-order valence-corrected chi connectivity index (χ0v) is 18.7. The lowest BCUT2D eigenvalue weighted by molar-refractivity contribution is 0.0615. The summed E-state index contributed by atoms with van der Waals surface area (Å²) in [6.45, 7) is 6.52. The molecule has 0 atom stereocenters. The van der Waals surface area contributed by atoms with E-state index in [2.05, 4.69) is 23.5 Å². The van der Waals surface area contributed by atoms with Gasteiger partial charge in [0.25, 0.3) is 5.91 Å². The Bertz CT molecular complexity index is 953. The Hall–Kier alpha value is -2.22. The van der Waals surface area contributed by atoms with Gasteiger partial charge >= 0.3 is 0 Å². The first kappa shape index (κ1) is 22.5. The Balaban J connectivity index is 1.67. The number of benzene rings is 2. The van der Waals surface area contributed by atoms with Crippen molar-refractivity contribution in [1.82, 2.24) is 14.5 Å². The van der Waals surface area contributed by atoms with Crippen molar-refractivity contribution in [2.45, 2.75) is 50.2 Å². The smallest absolute Gasteiger partial charge is 0.253 e. The Morgan fingerprint density at radius 1 is 1.10 bits per heavy atom. The molecule has 0 unspecified atom stereocenters. The molecule has 1 aliphatic heterocycles. The van der Waals surface area contributed by atoms with Gasteiger partial charge in [0.2, 0.25) is 10.0 Å². The Morgan fingerprint density at radius 2 is 1.77 bits per heavy atom. The van der Waals surface area contributed by atoms with E-state index in [4.69, 9.17) is 0 Å². The molecular formula is C23H31N3O3S. The summed E-state index contributed by atoms with van der Waals surface area (Å²) in [7, 11) is -1.90. The highest BCUT2D eigenvalue weighted by molar-refractivity contribution is 7.89. The summed E-state index contributed by atoms with van der Waals surface area (Å²) in [5, 5.41) is 0. The molecule has 0 aromatic heterocycles. The normalized spacial score (nSPS) is 16.0. The van der Waals surface area contributed by atoms with Gasteiger partial charge in [-0.05, 0) is 50.5 Å². The molecule has 0 saturated carbocycles. The van der Waals surface area contributed by atoms with Crippen LogP contribution in [-0.2, 0) is 16.6 Å². The van der Waals surface area contributed by atoms with Gasteiger partial charge in [-0.15, -0.1) is 0 Å². The summed E-state index contributed by atoms with van der Waals surface area (Å²) in [6, 6.07) is 16.3. The van der Waals surface area contributed by atoms with E-state index in [-0.39, 0.29) is 23.4 Å². The van der Waals surface area contributed by atoms with Crippen molar-refractivity contribution >= 4 is 15.9 Å². The van der Waals surface area contributed by atoms with Crippen molar-refractivity contribution in [2.75, 3.05) is 20.1 Å². The first-order valence-electron chi connectivity index (χ1n) is 10.4. The van der Waals surface area contributed by atoms with Crippen molar-refractivity contribution in [1.29, 1.82) is 0 Å². The maximum absolute atomic E-state index is 13.0. The highest BCUT2D eigenvalue weighted by Crippen LogP contribution is 2.20. The molecule has 2 aromatic carbocycles. The third-order valence-corrected chi connectivity index (χ3v) is 7.20. The van der Waals surface area contributed by atoms with Crippen LogP contribution in [0.15, 0.2) is 59.5 Å². The van der Waals surface area contributed by atoms with Crippen LogP contribution in [0.3, 0.4) is 0 Å². The van der Waals surface area contributed by atoms with E-state index in [1.54, 1.807) is 17.0 Å². The van der Waals surface area contributed by atoms with E-state index >= 15 is 0 Å². The molecule has 1 heterocycles. The molecule has 0 aliphatic carbocycles. The summed E-state index contributed by atoms with van der Waals surface area (Å²) in [4.78, 5) is 17.3. The molecule has 162 valence electrons. The predicted octanol–water partition coefficient (Wildman–Crippen LogP) is 3.11. The number of hydrogen-bond acceptors (Lipinski definition) is 4. The van der Waals surface area contributed by atoms with Crippen LogP contribution in [0.5, 0.6) is 0 Å². The number of piperidine rings is 1. The zero-order valence-electron chi connectivity index (χ0n) is 17.9. The van der Waals surface area contributed by atoms with Gasteiger partial charge in [0, 0.05) is 44.3 Å². The molecule has 0 spiro atoms. The average molecular weight is 430 g/mol. The van der Waals surface area contributed by atoms with Gasteiger partial charge in [-0.2, -0.15) is 0 Å². The minimum atomic E-state index is -3.71. The van der Waals surface area contributed by atoms with Crippen LogP contribution in [0.4, 0.5) is 0 Å². The van der Waals surface area contributed by atoms with Gasteiger partial charge in [0.15, 0.2) is 0 Å². The lowest BCUT2D eigenvalue weighted by atomic mass is 10.0. The second-order valence-corrected chi connectivity index (χ2v) is 9.88. The van der Waals surface area contributed by atoms with Gasteiger partial charge in [-0.1, -0.05) is 36.4 Å². The summed E-state index contributed by atoms with van der Waals surface area (Å²) >= 11 is 0. The second-order valence-electron chi connectivity index (χ2n) is 8.11. The highest BCUT2D eigenvalue weighted by atomic mass is 32.2. The fraction of sp³-hybridized carbons (Fsp3) is 0.435. The van der Waals surface area contributed by atoms with Crippen molar-refractivity contribution in [2.24, 2.45) is 0 Å². The maximum Gasteiger partial charge on any atom is 0.253 e. The summed E-state index contributed by atoms with van der Waals surface area (Å²) < 4.78 is 28.0. The highest BCUT2D eigenvalue weighted by Gasteiger charge is 2.27. The molecule has 1 saturated heterocycles. The number of hydrogen-bond donors (Lipinski definition) is 1. The topological polar surface area (TPSA) is 69.7 Å². The predicted molar refractivity (Wildman–Crippen MR) is 119 cm³/mol. The first-order chi connectivity index (χ1) is 14.3. The number of rotatable bonds is 7. The lowest BCUT2D eigenvalue weighted by Gasteiger charge is -2.38. The first-order valence-corrected chi connectivity index (χ1v) is 11.9. The number of amides is 1. The van der Waals surface area contributed by atoms with Crippen LogP contribution in [0.1, 0.15) is 42.6 Å². The Morgan fingerprint density at radius 3 is 2.40 bits per heavy atom. The van der Waals surface area contributed by atoms with Crippen molar-refractivity contribution in [3.63, 3.8) is 0 Å². The molecule has 0 radical (unpaired) electrons. The maximum atomic E-state index is 13.0. The molecule has 1 aliphatic rings. The number of carbonyl (C=O) groups is 1. The quantitative estimate of drug-likeness (QED) is 0.734. The SMILES string of the molecule is CC(C)N1CCC(N(C)C(=O)c2cccc(S(=O)(=O)NCc3ccccc3)c2)CC1. The van der Waals surface area contributed by atoms with Crippen molar-refractivity contribution < 1.29 is 13.2 Å². The molecule has 1 fully saturated rings. The van der Waals surface area contributed by atoms with E-state index in [1.807, 2.05) is 37.4 Å². The number of nitrogens with one attached hydrogen (secondary N) is 1. The minimum Gasteiger partial charge on any atom is -0.339 e. The molecule has 1 N–H and O–H groups in total. The van der Waals surface area contributed by atoms with Crippen LogP contribution in [0.25, 0.3) is 0 Å². The van der Waals surface area contributed by atoms with E-state index < -0.39 is 10.0 Å². The van der Waals surface area contributed by atoms with Gasteiger partial charge in [-0.3, -0.25) is 4.79 Å². The van der Waals surface area contributed by atoms with E-state index in [0.717, 1.165) is 31.5 Å². The summed E-state index contributed by atoms with van der Waals surface area (Å²) in [5.74, 6) is -0.141. The summed E-state index contributed by atoms with van der Waals surface area (Å²) in [6.07, 6.45) is 1.86. The number of sulfonamides is 1. The molecule has 7 heteroatoms. The van der Waals surface area contributed by atoms with Crippen LogP contribution < -0.4 is 4.72 Å². The molecule has 0 bridgehead atoms. The van der Waals surface area contributed by atoms with E-state index in [1.165, 1.54) is 12.1 Å². The molecule has 30 heavy (non-hydrogen) atoms. The van der Waals surface area contributed by atoms with Gasteiger partial charge < -0.3 is 9.80 Å². The molecule has 2 aromatic rings. The number of carbonyl (C=O) groups excluding carboxylic acids is 1. The lowest BCUT2D eigenvalue weighted by Crippen LogP contribution is -2.47. The van der Waals surface area contributed by atoms with E-state index in [0.29, 0.717) is 11.6 Å². The fourth-order valence-electron chi connectivity index (χ4n) is 3.81. The fourth-order valence-corrected chi connectivity index (χ4v) is 4.88. The average Bonchev–Trinajstić information content (AvgIpc) is 2.77. The number of likely N-dealkylation sites (tertiary alicyclic amines) is 1. The zero-order chi connectivity index (χ0) is 21.7. The monoisotopic (exact) mass is 429 g/mol. The van der Waals surface area contributed by atoms with Gasteiger partial charge in [-0.25, -0.2) is 13.1 Å². The minimum absolute atomic E-state index is 0.104. The Kier molecular flexibility index (Phi) is 7.28. The van der Waals surface area contributed by atoms with Crippen LogP contribution in [0.2, 0.25) is 0 Å². The Labute approximate surface area is 179 Å². The van der Waals surface area contributed by atoms with Crippen molar-refractivity contribution in [3.8, 4) is 0 Å². The van der Waals surface area contributed by atoms with Gasteiger partial charge in [0.1, 0.15) is 0 Å². The third-order valence-electron chi connectivity index (χ3n) is 5.80. The molecule has 3 rings (SSSR count). The molecule has 6 nitrogen and oxygen atoms in total.